The number of nitrogens with one attached hydrogen (secondary N) is 1. The summed E-state index contributed by atoms with van der Waals surface area (Å²) in [7, 11) is 1.97. The maximum absolute atomic E-state index is 11.6. The molecule has 1 saturated heterocycles. The molecule has 0 radical (unpaired) electrons. The molecule has 1 aliphatic rings. The SMILES string of the molecule is CN(CCOc1ccc(CC2SC(=O)NC2=O)cc1)c1ccccn1.O=C(O)C=CC(=O)O.[H-].[K+]. The van der Waals surface area contributed by atoms with Crippen molar-refractivity contribution in [1.82, 2.24) is 10.3 Å². The number of rotatable bonds is 9. The van der Waals surface area contributed by atoms with Gasteiger partial charge in [-0.05, 0) is 36.2 Å². The van der Waals surface area contributed by atoms with Crippen molar-refractivity contribution in [3.63, 3.8) is 0 Å². The number of hydrogen-bond acceptors (Lipinski definition) is 8. The number of carboxylic acid groups (broad SMARTS) is 2. The molecule has 34 heavy (non-hydrogen) atoms. The summed E-state index contributed by atoms with van der Waals surface area (Å²) in [5.41, 5.74) is 1.00. The topological polar surface area (TPSA) is 146 Å². The van der Waals surface area contributed by atoms with Crippen LogP contribution in [0, 0.1) is 0 Å². The molecule has 0 saturated carbocycles. The molecule has 0 spiro atoms. The van der Waals surface area contributed by atoms with Crippen LogP contribution < -0.4 is 66.3 Å². The molecule has 2 amide bonds. The van der Waals surface area contributed by atoms with Gasteiger partial charge in [-0.1, -0.05) is 30.0 Å². The number of benzene rings is 1. The van der Waals surface area contributed by atoms with Gasteiger partial charge >= 0.3 is 63.3 Å². The first-order valence-corrected chi connectivity index (χ1v) is 10.6. The molecular formula is C22H24KN3O7S. The zero-order valence-corrected chi connectivity index (χ0v) is 22.7. The first-order chi connectivity index (χ1) is 15.7. The third-order valence-corrected chi connectivity index (χ3v) is 5.20. The van der Waals surface area contributed by atoms with Crippen molar-refractivity contribution in [1.29, 1.82) is 0 Å². The second-order valence-corrected chi connectivity index (χ2v) is 7.87. The first-order valence-electron chi connectivity index (χ1n) is 9.74. The van der Waals surface area contributed by atoms with Crippen LogP contribution in [-0.4, -0.2) is 63.7 Å². The third kappa shape index (κ3) is 11.3. The molecule has 3 N–H and O–H groups in total. The quantitative estimate of drug-likeness (QED) is 0.291. The fraction of sp³-hybridized carbons (Fsp3) is 0.227. The molecule has 1 aliphatic heterocycles. The summed E-state index contributed by atoms with van der Waals surface area (Å²) in [6.45, 7) is 1.27. The Hall–Kier alpha value is -2.22. The predicted octanol–water partition coefficient (Wildman–Crippen LogP) is -0.681. The zero-order valence-electron chi connectivity index (χ0n) is 19.7. The minimum atomic E-state index is -1.26. The normalized spacial score (nSPS) is 14.4. The Bertz CT molecular complexity index is 994. The van der Waals surface area contributed by atoms with Gasteiger partial charge in [0.2, 0.25) is 5.91 Å². The second kappa shape index (κ2) is 15.6. The van der Waals surface area contributed by atoms with E-state index in [0.717, 1.165) is 35.4 Å². The molecule has 10 nitrogen and oxygen atoms in total. The molecule has 2 aromatic rings. The standard InChI is InChI=1S/C18H19N3O3S.C4H4O4.K.H/c1-21(16-4-2-3-9-19-16)10-11-24-14-7-5-13(6-8-14)12-15-17(22)20-18(23)25-15;5-3(6)1-2-4(7)8;;/h2-9,15H,10-12H2,1H3,(H,20,22,23);1-2H,(H,5,6)(H,7,8);;/q;;+1;-1. The van der Waals surface area contributed by atoms with Gasteiger partial charge in [-0.2, -0.15) is 0 Å². The number of imide groups is 1. The first kappa shape index (κ1) is 29.8. The van der Waals surface area contributed by atoms with E-state index >= 15 is 0 Å². The van der Waals surface area contributed by atoms with Gasteiger partial charge in [0.1, 0.15) is 18.2 Å². The van der Waals surface area contributed by atoms with E-state index in [4.69, 9.17) is 14.9 Å². The Morgan fingerprint density at radius 3 is 2.29 bits per heavy atom. The Morgan fingerprint density at radius 1 is 1.15 bits per heavy atom. The fourth-order valence-electron chi connectivity index (χ4n) is 2.60. The Balaban J connectivity index is 0.00000101. The van der Waals surface area contributed by atoms with Gasteiger partial charge in [-0.25, -0.2) is 14.6 Å². The van der Waals surface area contributed by atoms with Crippen molar-refractivity contribution < 1.29 is 86.9 Å². The summed E-state index contributed by atoms with van der Waals surface area (Å²) < 4.78 is 5.75. The number of nitrogens with zero attached hydrogens (tertiary/aromatic N) is 2. The van der Waals surface area contributed by atoms with Gasteiger partial charge in [0.05, 0.1) is 11.8 Å². The van der Waals surface area contributed by atoms with Crippen molar-refractivity contribution in [2.45, 2.75) is 11.7 Å². The zero-order chi connectivity index (χ0) is 24.2. The van der Waals surface area contributed by atoms with Crippen LogP contribution in [0.1, 0.15) is 6.99 Å². The molecule has 2 heterocycles. The fourth-order valence-corrected chi connectivity index (χ4v) is 3.46. The average molecular weight is 514 g/mol. The van der Waals surface area contributed by atoms with Crippen LogP contribution in [-0.2, 0) is 20.8 Å². The third-order valence-electron chi connectivity index (χ3n) is 4.22. The maximum atomic E-state index is 11.6. The van der Waals surface area contributed by atoms with Gasteiger partial charge < -0.3 is 21.3 Å². The Kier molecular flexibility index (Phi) is 13.7. The number of thioether (sulfide) groups is 1. The van der Waals surface area contributed by atoms with E-state index in [1.165, 1.54) is 0 Å². The Morgan fingerprint density at radius 2 is 1.79 bits per heavy atom. The Labute approximate surface area is 244 Å². The number of carbonyl (C=O) groups excluding carboxylic acids is 2. The van der Waals surface area contributed by atoms with Gasteiger partial charge in [0.15, 0.2) is 0 Å². The number of likely N-dealkylation sites (N-methyl/N-ethyl adjacent to an activating group) is 1. The number of ether oxygens (including phenoxy) is 1. The van der Waals surface area contributed by atoms with Gasteiger partial charge in [0, 0.05) is 25.4 Å². The maximum Gasteiger partial charge on any atom is 1.00 e. The van der Waals surface area contributed by atoms with Crippen molar-refractivity contribution in [3.8, 4) is 5.75 Å². The van der Waals surface area contributed by atoms with E-state index in [1.54, 1.807) is 6.20 Å². The van der Waals surface area contributed by atoms with Crippen LogP contribution in [0.25, 0.3) is 0 Å². The summed E-state index contributed by atoms with van der Waals surface area (Å²) >= 11 is 1.05. The van der Waals surface area contributed by atoms with Gasteiger partial charge in [-0.15, -0.1) is 0 Å². The molecule has 12 heteroatoms. The summed E-state index contributed by atoms with van der Waals surface area (Å²) in [6.07, 6.45) is 3.41. The van der Waals surface area contributed by atoms with Crippen molar-refractivity contribution in [3.05, 3.63) is 66.4 Å². The van der Waals surface area contributed by atoms with E-state index in [-0.39, 0.29) is 69.2 Å². The molecule has 0 bridgehead atoms. The number of hydrogen-bond donors (Lipinski definition) is 3. The van der Waals surface area contributed by atoms with Crippen molar-refractivity contribution in [2.75, 3.05) is 25.1 Å². The molecule has 1 unspecified atom stereocenters. The minimum Gasteiger partial charge on any atom is -1.00 e. The number of aliphatic carboxylic acids is 2. The average Bonchev–Trinajstić information content (AvgIpc) is 3.11. The molecule has 1 aromatic carbocycles. The molecule has 0 aliphatic carbocycles. The van der Waals surface area contributed by atoms with E-state index in [9.17, 15) is 19.2 Å². The molecule has 176 valence electrons. The van der Waals surface area contributed by atoms with E-state index in [1.807, 2.05) is 54.4 Å². The summed E-state index contributed by atoms with van der Waals surface area (Å²) in [4.78, 5) is 48.2. The molecule has 1 atom stereocenters. The monoisotopic (exact) mass is 513 g/mol. The summed E-state index contributed by atoms with van der Waals surface area (Å²) in [6, 6.07) is 13.4. The van der Waals surface area contributed by atoms with Crippen LogP contribution in [0.2, 0.25) is 0 Å². The number of aromatic nitrogens is 1. The molecule has 3 rings (SSSR count). The van der Waals surface area contributed by atoms with E-state index in [0.29, 0.717) is 25.2 Å². The summed E-state index contributed by atoms with van der Waals surface area (Å²) in [5, 5.41) is 17.3. The van der Waals surface area contributed by atoms with Crippen LogP contribution >= 0.6 is 11.8 Å². The molecular weight excluding hydrogens is 489 g/mol. The van der Waals surface area contributed by atoms with Gasteiger partial charge in [0.25, 0.3) is 5.24 Å². The second-order valence-electron chi connectivity index (χ2n) is 6.70. The van der Waals surface area contributed by atoms with E-state index in [2.05, 4.69) is 10.3 Å². The van der Waals surface area contributed by atoms with Crippen LogP contribution in [0.15, 0.2) is 60.8 Å². The number of anilines is 1. The minimum absolute atomic E-state index is 0. The number of carboxylic acids is 2. The molecule has 1 fully saturated rings. The van der Waals surface area contributed by atoms with Crippen molar-refractivity contribution >= 4 is 40.7 Å². The van der Waals surface area contributed by atoms with Crippen LogP contribution in [0.3, 0.4) is 0 Å². The van der Waals surface area contributed by atoms with Gasteiger partial charge in [-0.3, -0.25) is 14.9 Å². The predicted molar refractivity (Wildman–Crippen MR) is 124 cm³/mol. The molecule has 1 aromatic heterocycles. The van der Waals surface area contributed by atoms with Crippen LogP contribution in [0.4, 0.5) is 10.6 Å². The van der Waals surface area contributed by atoms with E-state index < -0.39 is 11.9 Å². The number of amides is 2. The number of carbonyl (C=O) groups is 4. The largest absolute Gasteiger partial charge is 1.00 e. The van der Waals surface area contributed by atoms with Crippen molar-refractivity contribution in [2.24, 2.45) is 0 Å². The smallest absolute Gasteiger partial charge is 1.00 e. The number of pyridine rings is 1. The van der Waals surface area contributed by atoms with Crippen LogP contribution in [0.5, 0.6) is 5.75 Å². The summed E-state index contributed by atoms with van der Waals surface area (Å²) in [5.74, 6) is -1.05.